The standard InChI is InChI=1S/C23H27N3O2/c1-23(2,25-27)17-9-10-22-20(15-17)18(8-6-14-26-12-3-4-13-26)19-7-5-11-24-21(19)16-28-22/h5,7-11,15H,3-4,6,12-14,16H2,1-2H3/b18-8+. The summed E-state index contributed by atoms with van der Waals surface area (Å²) < 4.78 is 6.06. The smallest absolute Gasteiger partial charge is 0.131 e. The first-order chi connectivity index (χ1) is 13.6. The Balaban J connectivity index is 1.75. The van der Waals surface area contributed by atoms with E-state index in [2.05, 4.69) is 33.3 Å². The first-order valence-corrected chi connectivity index (χ1v) is 10.1. The Morgan fingerprint density at radius 1 is 1.21 bits per heavy atom. The summed E-state index contributed by atoms with van der Waals surface area (Å²) >= 11 is 0. The van der Waals surface area contributed by atoms with Gasteiger partial charge in [-0.3, -0.25) is 4.98 Å². The molecule has 0 saturated carbocycles. The molecule has 5 heteroatoms. The number of pyridine rings is 1. The summed E-state index contributed by atoms with van der Waals surface area (Å²) in [5.41, 5.74) is 4.32. The quantitative estimate of drug-likeness (QED) is 0.696. The topological polar surface area (TPSA) is 54.8 Å². The van der Waals surface area contributed by atoms with Crippen molar-refractivity contribution in [3.05, 3.63) is 69.9 Å². The molecule has 1 aromatic carbocycles. The van der Waals surface area contributed by atoms with Gasteiger partial charge < -0.3 is 9.64 Å². The summed E-state index contributed by atoms with van der Waals surface area (Å²) in [6, 6.07) is 10.0. The van der Waals surface area contributed by atoms with Gasteiger partial charge in [0.05, 0.1) is 5.69 Å². The van der Waals surface area contributed by atoms with Crippen LogP contribution in [0.5, 0.6) is 5.75 Å². The highest BCUT2D eigenvalue weighted by atomic mass is 16.5. The van der Waals surface area contributed by atoms with Crippen molar-refractivity contribution in [2.45, 2.75) is 45.3 Å². The molecule has 146 valence electrons. The van der Waals surface area contributed by atoms with Crippen molar-refractivity contribution < 1.29 is 4.74 Å². The predicted molar refractivity (Wildman–Crippen MR) is 111 cm³/mol. The van der Waals surface area contributed by atoms with Crippen LogP contribution < -0.4 is 4.74 Å². The molecule has 3 heterocycles. The largest absolute Gasteiger partial charge is 0.487 e. The van der Waals surface area contributed by atoms with Gasteiger partial charge in [0, 0.05) is 23.9 Å². The highest BCUT2D eigenvalue weighted by Gasteiger charge is 2.26. The number of nitrogens with zero attached hydrogens (tertiary/aromatic N) is 3. The molecule has 0 atom stereocenters. The molecule has 1 fully saturated rings. The minimum Gasteiger partial charge on any atom is -0.487 e. The number of ether oxygens (including phenoxy) is 1. The molecular formula is C23H27N3O2. The van der Waals surface area contributed by atoms with Gasteiger partial charge >= 0.3 is 0 Å². The van der Waals surface area contributed by atoms with Crippen LogP contribution in [0.25, 0.3) is 5.57 Å². The Labute approximate surface area is 166 Å². The summed E-state index contributed by atoms with van der Waals surface area (Å²) in [7, 11) is 0. The lowest BCUT2D eigenvalue weighted by molar-refractivity contribution is 0.302. The van der Waals surface area contributed by atoms with Gasteiger partial charge in [0.1, 0.15) is 17.9 Å². The van der Waals surface area contributed by atoms with E-state index in [1.165, 1.54) is 25.9 Å². The lowest BCUT2D eigenvalue weighted by Crippen LogP contribution is -2.19. The van der Waals surface area contributed by atoms with E-state index >= 15 is 0 Å². The van der Waals surface area contributed by atoms with Crippen molar-refractivity contribution in [3.8, 4) is 5.75 Å². The Kier molecular flexibility index (Phi) is 5.27. The lowest BCUT2D eigenvalue weighted by atomic mass is 9.89. The van der Waals surface area contributed by atoms with E-state index < -0.39 is 5.54 Å². The predicted octanol–water partition coefficient (Wildman–Crippen LogP) is 4.89. The van der Waals surface area contributed by atoms with Gasteiger partial charge in [0.2, 0.25) is 0 Å². The molecule has 0 unspecified atom stereocenters. The number of rotatable bonds is 5. The second kappa shape index (κ2) is 7.84. The molecule has 0 N–H and O–H groups in total. The van der Waals surface area contributed by atoms with Gasteiger partial charge in [-0.2, -0.15) is 0 Å². The molecule has 1 aromatic heterocycles. The first-order valence-electron chi connectivity index (χ1n) is 10.1. The zero-order valence-corrected chi connectivity index (χ0v) is 16.6. The Morgan fingerprint density at radius 3 is 2.82 bits per heavy atom. The maximum atomic E-state index is 11.4. The molecule has 5 nitrogen and oxygen atoms in total. The third-order valence-corrected chi connectivity index (χ3v) is 5.74. The Hall–Kier alpha value is -2.53. The van der Waals surface area contributed by atoms with Crippen molar-refractivity contribution in [1.29, 1.82) is 0 Å². The van der Waals surface area contributed by atoms with Gasteiger partial charge in [-0.25, -0.2) is 0 Å². The van der Waals surface area contributed by atoms with Crippen molar-refractivity contribution in [3.63, 3.8) is 0 Å². The third-order valence-electron chi connectivity index (χ3n) is 5.74. The van der Waals surface area contributed by atoms with Crippen LogP contribution >= 0.6 is 0 Å². The fraction of sp³-hybridized carbons (Fsp3) is 0.435. The zero-order chi connectivity index (χ0) is 19.6. The molecule has 2 aliphatic rings. The van der Waals surface area contributed by atoms with Crippen LogP contribution in [-0.2, 0) is 12.1 Å². The fourth-order valence-corrected chi connectivity index (χ4v) is 4.01. The zero-order valence-electron chi connectivity index (χ0n) is 16.6. The van der Waals surface area contributed by atoms with Crippen LogP contribution in [0.3, 0.4) is 0 Å². The summed E-state index contributed by atoms with van der Waals surface area (Å²) in [5, 5.41) is 3.32. The van der Waals surface area contributed by atoms with Crippen molar-refractivity contribution in [1.82, 2.24) is 9.88 Å². The second-order valence-corrected chi connectivity index (χ2v) is 8.10. The minimum atomic E-state index is -0.778. The maximum absolute atomic E-state index is 11.4. The average Bonchev–Trinajstić information content (AvgIpc) is 3.18. The minimum absolute atomic E-state index is 0.446. The summed E-state index contributed by atoms with van der Waals surface area (Å²) in [6.45, 7) is 7.59. The number of likely N-dealkylation sites (tertiary alicyclic amines) is 1. The molecule has 2 aliphatic heterocycles. The highest BCUT2D eigenvalue weighted by Crippen LogP contribution is 2.39. The Bertz CT molecular complexity index is 898. The number of hydrogen-bond donors (Lipinski definition) is 0. The van der Waals surface area contributed by atoms with Crippen molar-refractivity contribution in [2.75, 3.05) is 19.6 Å². The second-order valence-electron chi connectivity index (χ2n) is 8.10. The number of aromatic nitrogens is 1. The Morgan fingerprint density at radius 2 is 2.04 bits per heavy atom. The maximum Gasteiger partial charge on any atom is 0.131 e. The van der Waals surface area contributed by atoms with Crippen LogP contribution in [0.1, 0.15) is 55.5 Å². The number of fused-ring (bicyclic) bond motifs is 2. The average molecular weight is 377 g/mol. The SMILES string of the molecule is CC(C)(N=O)c1ccc2c(c1)/C(=C/CCN1CCCC1)c1cccnc1CO2. The van der Waals surface area contributed by atoms with E-state index in [0.29, 0.717) is 6.61 Å². The normalized spacial score (nSPS) is 18.3. The fourth-order valence-electron chi connectivity index (χ4n) is 4.01. The molecule has 0 bridgehead atoms. The van der Waals surface area contributed by atoms with Gasteiger partial charge in [-0.1, -0.05) is 23.4 Å². The van der Waals surface area contributed by atoms with Gasteiger partial charge in [-0.15, -0.1) is 4.91 Å². The van der Waals surface area contributed by atoms with Gasteiger partial charge in [0.25, 0.3) is 0 Å². The van der Waals surface area contributed by atoms with E-state index in [-0.39, 0.29) is 0 Å². The van der Waals surface area contributed by atoms with E-state index in [0.717, 1.165) is 46.7 Å². The summed E-state index contributed by atoms with van der Waals surface area (Å²) in [6.07, 6.45) is 7.69. The van der Waals surface area contributed by atoms with Gasteiger partial charge in [-0.05, 0) is 75.5 Å². The molecular weight excluding hydrogens is 350 g/mol. The third kappa shape index (κ3) is 3.72. The van der Waals surface area contributed by atoms with E-state index in [1.54, 1.807) is 0 Å². The molecule has 0 aliphatic carbocycles. The van der Waals surface area contributed by atoms with Gasteiger partial charge in [0.15, 0.2) is 0 Å². The molecule has 0 radical (unpaired) electrons. The van der Waals surface area contributed by atoms with Crippen LogP contribution in [0.15, 0.2) is 47.8 Å². The van der Waals surface area contributed by atoms with E-state index in [9.17, 15) is 4.91 Å². The number of benzene rings is 1. The lowest BCUT2D eigenvalue weighted by Gasteiger charge is -2.19. The van der Waals surface area contributed by atoms with Crippen LogP contribution in [0, 0.1) is 4.91 Å². The molecule has 0 amide bonds. The van der Waals surface area contributed by atoms with E-state index in [1.807, 2.05) is 38.2 Å². The number of nitroso groups, excluding NO2 is 1. The van der Waals surface area contributed by atoms with Crippen LogP contribution in [0.4, 0.5) is 0 Å². The summed E-state index contributed by atoms with van der Waals surface area (Å²) in [5.74, 6) is 0.830. The van der Waals surface area contributed by atoms with Crippen molar-refractivity contribution >= 4 is 5.57 Å². The molecule has 28 heavy (non-hydrogen) atoms. The summed E-state index contributed by atoms with van der Waals surface area (Å²) in [4.78, 5) is 18.4. The van der Waals surface area contributed by atoms with E-state index in [4.69, 9.17) is 4.74 Å². The van der Waals surface area contributed by atoms with Crippen molar-refractivity contribution in [2.24, 2.45) is 5.18 Å². The monoisotopic (exact) mass is 377 g/mol. The molecule has 0 spiro atoms. The highest BCUT2D eigenvalue weighted by molar-refractivity contribution is 5.84. The number of hydrogen-bond acceptors (Lipinski definition) is 5. The van der Waals surface area contributed by atoms with Crippen LogP contribution in [-0.4, -0.2) is 29.5 Å². The molecule has 4 rings (SSSR count). The molecule has 2 aromatic rings. The van der Waals surface area contributed by atoms with Crippen LogP contribution in [0.2, 0.25) is 0 Å². The molecule has 1 saturated heterocycles. The first kappa shape index (κ1) is 18.8.